The maximum atomic E-state index is 12.0. The van der Waals surface area contributed by atoms with Gasteiger partial charge in [0.15, 0.2) is 17.6 Å². The van der Waals surface area contributed by atoms with Gasteiger partial charge < -0.3 is 37.2 Å². The van der Waals surface area contributed by atoms with Gasteiger partial charge in [0.1, 0.15) is 12.1 Å². The number of likely N-dealkylation sites (tertiary alicyclic amines) is 1. The number of carbonyl (C=O) groups excluding carboxylic acids is 3. The van der Waals surface area contributed by atoms with E-state index in [-0.39, 0.29) is 49.7 Å². The van der Waals surface area contributed by atoms with Crippen LogP contribution in [0.1, 0.15) is 19.8 Å². The lowest BCUT2D eigenvalue weighted by molar-refractivity contribution is -0.231. The number of guanidine groups is 2. The van der Waals surface area contributed by atoms with Crippen LogP contribution in [0.15, 0.2) is 9.98 Å². The first kappa shape index (κ1) is 18.4. The Morgan fingerprint density at radius 1 is 1.29 bits per heavy atom. The zero-order valence-electron chi connectivity index (χ0n) is 15.1. The molecule has 4 rings (SSSR count). The molecular weight excluding hydrogens is 372 g/mol. The summed E-state index contributed by atoms with van der Waals surface area (Å²) >= 11 is 0. The molecule has 0 aliphatic carbocycles. The second-order valence-corrected chi connectivity index (χ2v) is 7.39. The molecule has 0 bridgehead atoms. The van der Waals surface area contributed by atoms with Gasteiger partial charge in [-0.15, -0.1) is 0 Å². The van der Waals surface area contributed by atoms with E-state index in [2.05, 4.69) is 20.6 Å². The standard InChI is InChI=1S/C15H22N8O5/c1-6(24)18-8-5-23-13(17)19-7(4-22-9(25)2-3-10(22)26)11-14(23,15(8,27)28)21-12(16)20-11/h7-8,11,27-28H,2-5H2,1H3,(H2,17,19)(H,18,24)(H3,16,20,21)/t7-,8?,11-,14?/m0/s1. The van der Waals surface area contributed by atoms with Gasteiger partial charge in [-0.2, -0.15) is 0 Å². The largest absolute Gasteiger partial charge is 0.370 e. The molecule has 0 radical (unpaired) electrons. The Kier molecular flexibility index (Phi) is 3.81. The maximum absolute atomic E-state index is 12.0. The van der Waals surface area contributed by atoms with Crippen LogP contribution < -0.4 is 22.1 Å². The van der Waals surface area contributed by atoms with Gasteiger partial charge in [0.25, 0.3) is 0 Å². The summed E-state index contributed by atoms with van der Waals surface area (Å²) in [6.07, 6.45) is 0.232. The van der Waals surface area contributed by atoms with Crippen molar-refractivity contribution < 1.29 is 24.6 Å². The van der Waals surface area contributed by atoms with Crippen molar-refractivity contribution in [2.75, 3.05) is 13.1 Å². The normalized spacial score (nSPS) is 35.9. The molecule has 8 N–H and O–H groups in total. The van der Waals surface area contributed by atoms with Gasteiger partial charge in [-0.05, 0) is 0 Å². The topological polar surface area (TPSA) is 199 Å². The molecule has 0 aromatic carbocycles. The predicted molar refractivity (Wildman–Crippen MR) is 94.1 cm³/mol. The Morgan fingerprint density at radius 3 is 2.54 bits per heavy atom. The minimum Gasteiger partial charge on any atom is -0.370 e. The summed E-state index contributed by atoms with van der Waals surface area (Å²) in [5.41, 5.74) is 10.2. The highest BCUT2D eigenvalue weighted by Crippen LogP contribution is 2.44. The summed E-state index contributed by atoms with van der Waals surface area (Å²) < 4.78 is 0. The number of amides is 3. The van der Waals surface area contributed by atoms with Crippen molar-refractivity contribution in [3.63, 3.8) is 0 Å². The van der Waals surface area contributed by atoms with Crippen LogP contribution in [0.4, 0.5) is 0 Å². The highest BCUT2D eigenvalue weighted by Gasteiger charge is 2.73. The number of hydrogen-bond acceptors (Lipinski definition) is 11. The van der Waals surface area contributed by atoms with E-state index in [1.807, 2.05) is 0 Å². The van der Waals surface area contributed by atoms with Crippen molar-refractivity contribution in [3.8, 4) is 0 Å². The number of aliphatic imine (C=N–C) groups is 2. The van der Waals surface area contributed by atoms with Crippen molar-refractivity contribution in [1.29, 1.82) is 0 Å². The Hall–Kier alpha value is -2.93. The first-order valence-corrected chi connectivity index (χ1v) is 8.85. The van der Waals surface area contributed by atoms with Crippen LogP contribution in [-0.4, -0.2) is 92.3 Å². The van der Waals surface area contributed by atoms with Gasteiger partial charge in [-0.3, -0.25) is 19.3 Å². The predicted octanol–water partition coefficient (Wildman–Crippen LogP) is -4.68. The zero-order valence-corrected chi connectivity index (χ0v) is 15.1. The molecule has 0 saturated carbocycles. The minimum atomic E-state index is -2.52. The molecule has 3 amide bonds. The first-order valence-electron chi connectivity index (χ1n) is 8.85. The number of rotatable bonds is 3. The number of nitrogens with two attached hydrogens (primary N) is 2. The van der Waals surface area contributed by atoms with Gasteiger partial charge in [-0.25, -0.2) is 9.98 Å². The molecule has 13 nitrogen and oxygen atoms in total. The number of aliphatic hydroxyl groups is 2. The monoisotopic (exact) mass is 394 g/mol. The van der Waals surface area contributed by atoms with Crippen molar-refractivity contribution in [2.24, 2.45) is 21.5 Å². The Bertz CT molecular complexity index is 809. The first-order chi connectivity index (χ1) is 13.1. The third kappa shape index (κ3) is 2.29. The minimum absolute atomic E-state index is 0.0435. The third-order valence-electron chi connectivity index (χ3n) is 5.70. The fourth-order valence-electron chi connectivity index (χ4n) is 4.49. The molecule has 0 aromatic heterocycles. The maximum Gasteiger partial charge on any atom is 0.231 e. The molecule has 13 heteroatoms. The van der Waals surface area contributed by atoms with Crippen molar-refractivity contribution in [3.05, 3.63) is 0 Å². The van der Waals surface area contributed by atoms with E-state index in [1.165, 1.54) is 11.8 Å². The summed E-state index contributed by atoms with van der Waals surface area (Å²) in [4.78, 5) is 46.6. The number of hydrogen-bond donors (Lipinski definition) is 6. The molecule has 4 aliphatic heterocycles. The molecule has 2 saturated heterocycles. The van der Waals surface area contributed by atoms with Gasteiger partial charge in [-0.1, -0.05) is 0 Å². The number of nitrogens with one attached hydrogen (secondary N) is 2. The van der Waals surface area contributed by atoms with Crippen LogP contribution in [0.2, 0.25) is 0 Å². The molecule has 0 aromatic rings. The average Bonchev–Trinajstić information content (AvgIpc) is 3.18. The summed E-state index contributed by atoms with van der Waals surface area (Å²) in [5, 5.41) is 27.3. The molecule has 4 atom stereocenters. The fourth-order valence-corrected chi connectivity index (χ4v) is 4.49. The van der Waals surface area contributed by atoms with E-state index in [0.717, 1.165) is 4.90 Å². The van der Waals surface area contributed by atoms with Gasteiger partial charge in [0.05, 0.1) is 12.6 Å². The second-order valence-electron chi connectivity index (χ2n) is 7.39. The Balaban J connectivity index is 1.74. The molecule has 28 heavy (non-hydrogen) atoms. The Morgan fingerprint density at radius 2 is 1.93 bits per heavy atom. The van der Waals surface area contributed by atoms with Crippen LogP contribution in [0.25, 0.3) is 0 Å². The molecule has 1 spiro atoms. The highest BCUT2D eigenvalue weighted by molar-refractivity contribution is 6.02. The second kappa shape index (κ2) is 5.78. The van der Waals surface area contributed by atoms with Crippen LogP contribution in [0.5, 0.6) is 0 Å². The van der Waals surface area contributed by atoms with E-state index in [9.17, 15) is 24.6 Å². The van der Waals surface area contributed by atoms with E-state index in [0.29, 0.717) is 0 Å². The van der Waals surface area contributed by atoms with Gasteiger partial charge >= 0.3 is 0 Å². The summed E-state index contributed by atoms with van der Waals surface area (Å²) in [5.74, 6) is -3.76. The van der Waals surface area contributed by atoms with E-state index in [4.69, 9.17) is 11.5 Å². The smallest absolute Gasteiger partial charge is 0.231 e. The number of carbonyl (C=O) groups is 3. The summed E-state index contributed by atoms with van der Waals surface area (Å²) in [6.45, 7) is 1.08. The molecule has 152 valence electrons. The zero-order chi connectivity index (χ0) is 20.4. The van der Waals surface area contributed by atoms with Crippen LogP contribution in [0.3, 0.4) is 0 Å². The molecular formula is C15H22N8O5. The third-order valence-corrected chi connectivity index (χ3v) is 5.70. The molecule has 2 unspecified atom stereocenters. The SMILES string of the molecule is CC(=O)NC1CN2C(N)=N[C@@H](CN3C(=O)CCC3=O)[C@@H]3N=C(N)NC32C1(O)O. The van der Waals surface area contributed by atoms with Crippen LogP contribution in [-0.2, 0) is 14.4 Å². The Labute approximate surface area is 159 Å². The van der Waals surface area contributed by atoms with Gasteiger partial charge in [0.2, 0.25) is 23.5 Å². The number of imide groups is 1. The molecule has 2 fully saturated rings. The number of nitrogens with zero attached hydrogens (tertiary/aromatic N) is 4. The van der Waals surface area contributed by atoms with Crippen LogP contribution in [0, 0.1) is 0 Å². The van der Waals surface area contributed by atoms with Crippen molar-refractivity contribution in [1.82, 2.24) is 20.4 Å². The van der Waals surface area contributed by atoms with Gasteiger partial charge in [0, 0.05) is 26.3 Å². The average molecular weight is 394 g/mol. The van der Waals surface area contributed by atoms with Crippen molar-refractivity contribution >= 4 is 29.6 Å². The lowest BCUT2D eigenvalue weighted by Gasteiger charge is -2.49. The lowest BCUT2D eigenvalue weighted by atomic mass is 9.85. The quantitative estimate of drug-likeness (QED) is 0.201. The van der Waals surface area contributed by atoms with E-state index >= 15 is 0 Å². The summed E-state index contributed by atoms with van der Waals surface area (Å²) in [6, 6.07) is -2.91. The summed E-state index contributed by atoms with van der Waals surface area (Å²) in [7, 11) is 0. The van der Waals surface area contributed by atoms with Crippen LogP contribution >= 0.6 is 0 Å². The van der Waals surface area contributed by atoms with E-state index in [1.54, 1.807) is 0 Å². The van der Waals surface area contributed by atoms with Crippen molar-refractivity contribution in [2.45, 2.75) is 49.3 Å². The lowest BCUT2D eigenvalue weighted by Crippen LogP contribution is -2.78. The highest BCUT2D eigenvalue weighted by atomic mass is 16.5. The molecule has 4 aliphatic rings. The fraction of sp³-hybridized carbons (Fsp3) is 0.667. The molecule has 4 heterocycles. The van der Waals surface area contributed by atoms with E-state index < -0.39 is 35.5 Å².